The Morgan fingerprint density at radius 1 is 1.13 bits per heavy atom. The van der Waals surface area contributed by atoms with Crippen molar-refractivity contribution in [1.82, 2.24) is 14.8 Å². The summed E-state index contributed by atoms with van der Waals surface area (Å²) < 4.78 is 5.79. The van der Waals surface area contributed by atoms with Crippen LogP contribution in [0.5, 0.6) is 5.75 Å². The average molecular weight is 428 g/mol. The van der Waals surface area contributed by atoms with Gasteiger partial charge in [0.1, 0.15) is 18.4 Å². The summed E-state index contributed by atoms with van der Waals surface area (Å²) in [5.41, 5.74) is 2.77. The number of aliphatic carboxylic acids is 1. The van der Waals surface area contributed by atoms with E-state index in [0.29, 0.717) is 24.7 Å². The first-order chi connectivity index (χ1) is 14.5. The molecule has 0 spiro atoms. The second-order valence-electron chi connectivity index (χ2n) is 7.63. The second-order valence-corrected chi connectivity index (χ2v) is 8.07. The van der Waals surface area contributed by atoms with Gasteiger partial charge in [-0.2, -0.15) is 0 Å². The van der Waals surface area contributed by atoms with Crippen molar-refractivity contribution in [3.8, 4) is 5.75 Å². The Kier molecular flexibility index (Phi) is 6.27. The number of aromatic nitrogens is 1. The van der Waals surface area contributed by atoms with Crippen LogP contribution in [0.3, 0.4) is 0 Å². The van der Waals surface area contributed by atoms with Gasteiger partial charge in [-0.1, -0.05) is 29.8 Å². The zero-order valence-electron chi connectivity index (χ0n) is 17.0. The van der Waals surface area contributed by atoms with E-state index in [-0.39, 0.29) is 0 Å². The highest BCUT2D eigenvalue weighted by molar-refractivity contribution is 6.30. The summed E-state index contributed by atoms with van der Waals surface area (Å²) in [5, 5.41) is 11.7. The minimum Gasteiger partial charge on any atom is -0.492 e. The number of aryl methyl sites for hydroxylation is 1. The van der Waals surface area contributed by atoms with E-state index in [1.165, 1.54) is 0 Å². The van der Waals surface area contributed by atoms with Gasteiger partial charge in [0, 0.05) is 59.9 Å². The number of hydrogen-bond acceptors (Lipinski definition) is 4. The highest BCUT2D eigenvalue weighted by Crippen LogP contribution is 2.32. The number of benzene rings is 2. The summed E-state index contributed by atoms with van der Waals surface area (Å²) in [7, 11) is 0. The minimum absolute atomic E-state index is 0.589. The van der Waals surface area contributed by atoms with Crippen LogP contribution < -0.4 is 4.74 Å². The van der Waals surface area contributed by atoms with Gasteiger partial charge in [-0.15, -0.1) is 0 Å². The van der Waals surface area contributed by atoms with Gasteiger partial charge in [-0.25, -0.2) is 0 Å². The summed E-state index contributed by atoms with van der Waals surface area (Å²) >= 11 is 5.90. The third-order valence-corrected chi connectivity index (χ3v) is 5.96. The molecule has 1 aliphatic heterocycles. The van der Waals surface area contributed by atoms with Gasteiger partial charge >= 0.3 is 5.97 Å². The van der Waals surface area contributed by atoms with Gasteiger partial charge in [-0.3, -0.25) is 14.6 Å². The van der Waals surface area contributed by atoms with Crippen molar-refractivity contribution in [1.29, 1.82) is 0 Å². The average Bonchev–Trinajstić information content (AvgIpc) is 3.06. The molecule has 2 aromatic carbocycles. The van der Waals surface area contributed by atoms with Gasteiger partial charge in [0.2, 0.25) is 0 Å². The molecule has 1 aromatic heterocycles. The van der Waals surface area contributed by atoms with E-state index in [4.69, 9.17) is 16.3 Å². The van der Waals surface area contributed by atoms with Crippen molar-refractivity contribution in [2.24, 2.45) is 0 Å². The number of nitrogens with zero attached hydrogens (tertiary/aromatic N) is 2. The Bertz CT molecular complexity index is 1010. The van der Waals surface area contributed by atoms with E-state index in [1.807, 2.05) is 55.5 Å². The van der Waals surface area contributed by atoms with Crippen LogP contribution in [0.25, 0.3) is 10.9 Å². The standard InChI is InChI=1S/C23H26ClN3O3/c1-16-21(19-4-2-3-5-20(19)25-16)22(23(28)29)27-12-10-26(11-13-27)14-15-30-18-8-6-17(24)7-9-18/h2-9,22,25H,10-15H2,1H3,(H,28,29). The number of carboxylic acids is 1. The van der Waals surface area contributed by atoms with Crippen molar-refractivity contribution >= 4 is 28.5 Å². The maximum absolute atomic E-state index is 12.2. The fraction of sp³-hybridized carbons (Fsp3) is 0.348. The van der Waals surface area contributed by atoms with E-state index < -0.39 is 12.0 Å². The summed E-state index contributed by atoms with van der Waals surface area (Å²) in [4.78, 5) is 19.9. The maximum atomic E-state index is 12.2. The quantitative estimate of drug-likeness (QED) is 0.597. The first kappa shape index (κ1) is 20.7. The first-order valence-electron chi connectivity index (χ1n) is 10.2. The third kappa shape index (κ3) is 4.46. The van der Waals surface area contributed by atoms with Crippen molar-refractivity contribution in [2.45, 2.75) is 13.0 Å². The SMILES string of the molecule is Cc1[nH]c2ccccc2c1C(C(=O)O)N1CCN(CCOc2ccc(Cl)cc2)CC1. The molecule has 6 nitrogen and oxygen atoms in total. The topological polar surface area (TPSA) is 68.8 Å². The number of nitrogens with one attached hydrogen (secondary N) is 1. The fourth-order valence-corrected chi connectivity index (χ4v) is 4.31. The van der Waals surface area contributed by atoms with Gasteiger partial charge in [0.05, 0.1) is 0 Å². The summed E-state index contributed by atoms with van der Waals surface area (Å²) in [6.45, 7) is 6.39. The van der Waals surface area contributed by atoms with E-state index in [1.54, 1.807) is 0 Å². The number of fused-ring (bicyclic) bond motifs is 1. The molecule has 0 bridgehead atoms. The molecular formula is C23H26ClN3O3. The van der Waals surface area contributed by atoms with Gasteiger partial charge < -0.3 is 14.8 Å². The molecule has 0 radical (unpaired) electrons. The normalized spacial score (nSPS) is 16.6. The highest BCUT2D eigenvalue weighted by atomic mass is 35.5. The summed E-state index contributed by atoms with van der Waals surface area (Å²) in [6, 6.07) is 14.6. The van der Waals surface area contributed by atoms with Crippen molar-refractivity contribution in [3.63, 3.8) is 0 Å². The number of carbonyl (C=O) groups is 1. The van der Waals surface area contributed by atoms with Crippen LogP contribution in [0, 0.1) is 6.92 Å². The van der Waals surface area contributed by atoms with E-state index in [0.717, 1.165) is 47.5 Å². The Hall–Kier alpha value is -2.54. The lowest BCUT2D eigenvalue weighted by molar-refractivity contribution is -0.144. The molecule has 158 valence electrons. The lowest BCUT2D eigenvalue weighted by Gasteiger charge is -2.37. The Labute approximate surface area is 181 Å². The van der Waals surface area contributed by atoms with Crippen LogP contribution in [0.1, 0.15) is 17.3 Å². The largest absolute Gasteiger partial charge is 0.492 e. The van der Waals surface area contributed by atoms with Crippen LogP contribution in [-0.2, 0) is 4.79 Å². The molecular weight excluding hydrogens is 402 g/mol. The molecule has 0 aliphatic carbocycles. The number of H-pyrrole nitrogens is 1. The number of rotatable bonds is 7. The van der Waals surface area contributed by atoms with Gasteiger partial charge in [-0.05, 0) is 37.3 Å². The number of carboxylic acid groups (broad SMARTS) is 1. The number of para-hydroxylation sites is 1. The molecule has 2 heterocycles. The molecule has 4 rings (SSSR count). The molecule has 1 saturated heterocycles. The minimum atomic E-state index is -0.803. The molecule has 3 aromatic rings. The van der Waals surface area contributed by atoms with Crippen LogP contribution in [0.15, 0.2) is 48.5 Å². The molecule has 30 heavy (non-hydrogen) atoms. The summed E-state index contributed by atoms with van der Waals surface area (Å²) in [5.74, 6) is 0.00108. The molecule has 0 saturated carbocycles. The number of aromatic amines is 1. The lowest BCUT2D eigenvalue weighted by Crippen LogP contribution is -2.50. The van der Waals surface area contributed by atoms with E-state index in [9.17, 15) is 9.90 Å². The van der Waals surface area contributed by atoms with Crippen LogP contribution in [-0.4, -0.2) is 65.2 Å². The molecule has 1 fully saturated rings. The second kappa shape index (κ2) is 9.08. The van der Waals surface area contributed by atoms with Gasteiger partial charge in [0.25, 0.3) is 0 Å². The van der Waals surface area contributed by atoms with Crippen molar-refractivity contribution in [2.75, 3.05) is 39.3 Å². The number of piperazine rings is 1. The molecule has 2 N–H and O–H groups in total. The molecule has 1 atom stereocenters. The predicted molar refractivity (Wildman–Crippen MR) is 118 cm³/mol. The van der Waals surface area contributed by atoms with Crippen LogP contribution >= 0.6 is 11.6 Å². The van der Waals surface area contributed by atoms with Crippen molar-refractivity contribution in [3.05, 3.63) is 64.8 Å². The van der Waals surface area contributed by atoms with E-state index in [2.05, 4.69) is 14.8 Å². The molecule has 0 amide bonds. The zero-order chi connectivity index (χ0) is 21.1. The van der Waals surface area contributed by atoms with Crippen LogP contribution in [0.4, 0.5) is 0 Å². The Balaban J connectivity index is 1.37. The molecule has 1 aliphatic rings. The molecule has 1 unspecified atom stereocenters. The van der Waals surface area contributed by atoms with Gasteiger partial charge in [0.15, 0.2) is 0 Å². The monoisotopic (exact) mass is 427 g/mol. The van der Waals surface area contributed by atoms with Crippen molar-refractivity contribution < 1.29 is 14.6 Å². The highest BCUT2D eigenvalue weighted by Gasteiger charge is 2.33. The first-order valence-corrected chi connectivity index (χ1v) is 10.6. The zero-order valence-corrected chi connectivity index (χ0v) is 17.7. The fourth-order valence-electron chi connectivity index (χ4n) is 4.18. The smallest absolute Gasteiger partial charge is 0.325 e. The van der Waals surface area contributed by atoms with Crippen LogP contribution in [0.2, 0.25) is 5.02 Å². The number of ether oxygens (including phenoxy) is 1. The lowest BCUT2D eigenvalue weighted by atomic mass is 10.0. The number of hydrogen-bond donors (Lipinski definition) is 2. The van der Waals surface area contributed by atoms with E-state index >= 15 is 0 Å². The maximum Gasteiger partial charge on any atom is 0.325 e. The third-order valence-electron chi connectivity index (χ3n) is 5.71. The summed E-state index contributed by atoms with van der Waals surface area (Å²) in [6.07, 6.45) is 0. The Morgan fingerprint density at radius 3 is 2.53 bits per heavy atom. The Morgan fingerprint density at radius 2 is 1.83 bits per heavy atom. The number of halogens is 1. The molecule has 7 heteroatoms. The predicted octanol–water partition coefficient (Wildman–Crippen LogP) is 3.95.